The van der Waals surface area contributed by atoms with E-state index in [0.29, 0.717) is 0 Å². The van der Waals surface area contributed by atoms with E-state index < -0.39 is 0 Å². The van der Waals surface area contributed by atoms with Gasteiger partial charge in [-0.1, -0.05) is 18.2 Å². The van der Waals surface area contributed by atoms with Gasteiger partial charge in [0.25, 0.3) is 0 Å². The zero-order valence-corrected chi connectivity index (χ0v) is 10.9. The Morgan fingerprint density at radius 1 is 1.10 bits per heavy atom. The normalized spacial score (nSPS) is 10.7. The van der Waals surface area contributed by atoms with Crippen LogP contribution in [-0.2, 0) is 0 Å². The number of hydrogen-bond acceptors (Lipinski definition) is 4. The summed E-state index contributed by atoms with van der Waals surface area (Å²) in [5.41, 5.74) is 0.991. The van der Waals surface area contributed by atoms with Crippen molar-refractivity contribution in [2.24, 2.45) is 0 Å². The second-order valence-electron chi connectivity index (χ2n) is 4.17. The highest BCUT2D eigenvalue weighted by Crippen LogP contribution is 2.23. The molecule has 0 aliphatic heterocycles. The first-order chi connectivity index (χ1) is 9.60. The van der Waals surface area contributed by atoms with Gasteiger partial charge in [0.15, 0.2) is 5.78 Å². The first-order valence-electron chi connectivity index (χ1n) is 5.98. The van der Waals surface area contributed by atoms with Crippen LogP contribution in [0.2, 0.25) is 0 Å². The van der Waals surface area contributed by atoms with Crippen LogP contribution >= 0.6 is 0 Å². The van der Waals surface area contributed by atoms with Gasteiger partial charge in [0.05, 0.1) is 12.7 Å². The fourth-order valence-electron chi connectivity index (χ4n) is 1.71. The molecule has 0 radical (unpaired) electrons. The van der Waals surface area contributed by atoms with Crippen LogP contribution in [0.15, 0.2) is 48.5 Å². The van der Waals surface area contributed by atoms with Gasteiger partial charge in [-0.25, -0.2) is 0 Å². The predicted octanol–water partition coefficient (Wildman–Crippen LogP) is 3.00. The second kappa shape index (κ2) is 5.93. The summed E-state index contributed by atoms with van der Waals surface area (Å²) in [6.45, 7) is 0. The van der Waals surface area contributed by atoms with Crippen molar-refractivity contribution in [1.82, 2.24) is 0 Å². The zero-order chi connectivity index (χ0) is 14.5. The molecule has 0 aliphatic rings. The SMILES string of the molecule is COc1ccc(C=CC(=O)c2ccc(O)cc2O)cc1. The van der Waals surface area contributed by atoms with Crippen molar-refractivity contribution >= 4 is 11.9 Å². The third-order valence-corrected chi connectivity index (χ3v) is 2.79. The van der Waals surface area contributed by atoms with Gasteiger partial charge < -0.3 is 14.9 Å². The number of allylic oxidation sites excluding steroid dienone is 1. The number of carbonyl (C=O) groups is 1. The van der Waals surface area contributed by atoms with Crippen molar-refractivity contribution in [3.63, 3.8) is 0 Å². The van der Waals surface area contributed by atoms with Crippen LogP contribution in [0.4, 0.5) is 0 Å². The van der Waals surface area contributed by atoms with Crippen LogP contribution < -0.4 is 4.74 Å². The summed E-state index contributed by atoms with van der Waals surface area (Å²) in [4.78, 5) is 11.9. The average molecular weight is 270 g/mol. The molecule has 0 aliphatic carbocycles. The number of ether oxygens (including phenoxy) is 1. The summed E-state index contributed by atoms with van der Waals surface area (Å²) < 4.78 is 5.04. The molecule has 0 fully saturated rings. The van der Waals surface area contributed by atoms with Gasteiger partial charge in [-0.3, -0.25) is 4.79 Å². The molecule has 2 aromatic carbocycles. The number of rotatable bonds is 4. The van der Waals surface area contributed by atoms with Crippen LogP contribution in [0.25, 0.3) is 6.08 Å². The third kappa shape index (κ3) is 3.17. The Hall–Kier alpha value is -2.75. The number of aromatic hydroxyl groups is 2. The van der Waals surface area contributed by atoms with Gasteiger partial charge in [0, 0.05) is 6.07 Å². The maximum absolute atomic E-state index is 11.9. The molecule has 0 saturated carbocycles. The minimum Gasteiger partial charge on any atom is -0.508 e. The molecule has 2 rings (SSSR count). The quantitative estimate of drug-likeness (QED) is 0.662. The average Bonchev–Trinajstić information content (AvgIpc) is 2.45. The maximum Gasteiger partial charge on any atom is 0.189 e. The second-order valence-corrected chi connectivity index (χ2v) is 4.17. The molecule has 4 heteroatoms. The Kier molecular flexibility index (Phi) is 4.05. The van der Waals surface area contributed by atoms with Crippen LogP contribution in [-0.4, -0.2) is 23.1 Å². The molecule has 2 N–H and O–H groups in total. The van der Waals surface area contributed by atoms with E-state index in [-0.39, 0.29) is 22.8 Å². The highest BCUT2D eigenvalue weighted by Gasteiger charge is 2.08. The minimum atomic E-state index is -0.335. The lowest BCUT2D eigenvalue weighted by atomic mass is 10.1. The van der Waals surface area contributed by atoms with Crippen molar-refractivity contribution in [3.8, 4) is 17.2 Å². The van der Waals surface area contributed by atoms with E-state index in [0.717, 1.165) is 17.4 Å². The number of ketones is 1. The Bertz CT molecular complexity index is 642. The van der Waals surface area contributed by atoms with Crippen LogP contribution in [0.3, 0.4) is 0 Å². The number of benzene rings is 2. The summed E-state index contributed by atoms with van der Waals surface area (Å²) in [6.07, 6.45) is 3.02. The molecule has 0 aromatic heterocycles. The summed E-state index contributed by atoms with van der Waals surface area (Å²) >= 11 is 0. The van der Waals surface area contributed by atoms with Crippen molar-refractivity contribution < 1.29 is 19.7 Å². The van der Waals surface area contributed by atoms with Gasteiger partial charge in [0.1, 0.15) is 17.2 Å². The standard InChI is InChI=1S/C16H14O4/c1-20-13-6-2-11(3-7-13)4-9-15(18)14-8-5-12(17)10-16(14)19/h2-10,17,19H,1H3. The number of methoxy groups -OCH3 is 1. The van der Waals surface area contributed by atoms with Gasteiger partial charge in [-0.15, -0.1) is 0 Å². The van der Waals surface area contributed by atoms with E-state index in [2.05, 4.69) is 0 Å². The topological polar surface area (TPSA) is 66.8 Å². The van der Waals surface area contributed by atoms with Crippen molar-refractivity contribution in [2.45, 2.75) is 0 Å². The lowest BCUT2D eigenvalue weighted by Crippen LogP contribution is -1.94. The van der Waals surface area contributed by atoms with Crippen molar-refractivity contribution in [3.05, 3.63) is 59.7 Å². The van der Waals surface area contributed by atoms with Crippen LogP contribution in [0, 0.1) is 0 Å². The molecular formula is C16H14O4. The zero-order valence-electron chi connectivity index (χ0n) is 10.9. The lowest BCUT2D eigenvalue weighted by Gasteiger charge is -2.01. The molecule has 4 nitrogen and oxygen atoms in total. The molecule has 0 spiro atoms. The molecule has 102 valence electrons. The monoisotopic (exact) mass is 270 g/mol. The third-order valence-electron chi connectivity index (χ3n) is 2.79. The summed E-state index contributed by atoms with van der Waals surface area (Å²) in [6, 6.07) is 11.1. The summed E-state index contributed by atoms with van der Waals surface area (Å²) in [7, 11) is 1.59. The van der Waals surface area contributed by atoms with Crippen molar-refractivity contribution in [2.75, 3.05) is 7.11 Å². The van der Waals surface area contributed by atoms with Gasteiger partial charge in [0.2, 0.25) is 0 Å². The van der Waals surface area contributed by atoms with E-state index in [4.69, 9.17) is 4.74 Å². The van der Waals surface area contributed by atoms with E-state index >= 15 is 0 Å². The van der Waals surface area contributed by atoms with E-state index in [9.17, 15) is 15.0 Å². The number of hydrogen-bond donors (Lipinski definition) is 2. The molecule has 0 atom stereocenters. The Balaban J connectivity index is 2.15. The first kappa shape index (κ1) is 13.7. The van der Waals surface area contributed by atoms with Gasteiger partial charge in [-0.05, 0) is 35.9 Å². The molecule has 2 aromatic rings. The first-order valence-corrected chi connectivity index (χ1v) is 5.98. The smallest absolute Gasteiger partial charge is 0.189 e. The molecule has 0 heterocycles. The van der Waals surface area contributed by atoms with E-state index in [1.807, 2.05) is 12.1 Å². The number of phenols is 2. The largest absolute Gasteiger partial charge is 0.508 e. The van der Waals surface area contributed by atoms with E-state index in [1.165, 1.54) is 18.2 Å². The fourth-order valence-corrected chi connectivity index (χ4v) is 1.71. The molecular weight excluding hydrogens is 256 g/mol. The fraction of sp³-hybridized carbons (Fsp3) is 0.0625. The van der Waals surface area contributed by atoms with Crippen molar-refractivity contribution in [1.29, 1.82) is 0 Å². The van der Waals surface area contributed by atoms with E-state index in [1.54, 1.807) is 25.3 Å². The molecule has 0 amide bonds. The molecule has 20 heavy (non-hydrogen) atoms. The Morgan fingerprint density at radius 2 is 1.80 bits per heavy atom. The highest BCUT2D eigenvalue weighted by molar-refractivity contribution is 6.08. The van der Waals surface area contributed by atoms with Crippen LogP contribution in [0.1, 0.15) is 15.9 Å². The Morgan fingerprint density at radius 3 is 2.40 bits per heavy atom. The van der Waals surface area contributed by atoms with Gasteiger partial charge >= 0.3 is 0 Å². The number of carbonyl (C=O) groups excluding carboxylic acids is 1. The molecule has 0 bridgehead atoms. The van der Waals surface area contributed by atoms with Crippen LogP contribution in [0.5, 0.6) is 17.2 Å². The Labute approximate surface area is 116 Å². The maximum atomic E-state index is 11.9. The molecule has 0 unspecified atom stereocenters. The highest BCUT2D eigenvalue weighted by atomic mass is 16.5. The number of phenolic OH excluding ortho intramolecular Hbond substituents is 2. The predicted molar refractivity (Wildman–Crippen MR) is 76.1 cm³/mol. The minimum absolute atomic E-state index is 0.0850. The van der Waals surface area contributed by atoms with Gasteiger partial charge in [-0.2, -0.15) is 0 Å². The summed E-state index contributed by atoms with van der Waals surface area (Å²) in [5, 5.41) is 18.8. The summed E-state index contributed by atoms with van der Waals surface area (Å²) in [5.74, 6) is 0.0792. The molecule has 0 saturated heterocycles. The lowest BCUT2D eigenvalue weighted by molar-refractivity contribution is 0.104.